The van der Waals surface area contributed by atoms with Gasteiger partial charge in [0.2, 0.25) is 0 Å². The summed E-state index contributed by atoms with van der Waals surface area (Å²) in [5.41, 5.74) is 0. The Kier molecular flexibility index (Phi) is 4.97. The van der Waals surface area contributed by atoms with Crippen molar-refractivity contribution in [2.24, 2.45) is 0 Å². The second-order valence-electron chi connectivity index (χ2n) is 3.67. The van der Waals surface area contributed by atoms with Crippen molar-refractivity contribution in [1.29, 1.82) is 0 Å². The van der Waals surface area contributed by atoms with Gasteiger partial charge < -0.3 is 0 Å². The van der Waals surface area contributed by atoms with Gasteiger partial charge in [-0.05, 0) is 57.2 Å². The predicted octanol–water partition coefficient (Wildman–Crippen LogP) is 3.39. The van der Waals surface area contributed by atoms with Crippen LogP contribution >= 0.6 is 15.8 Å². The van der Waals surface area contributed by atoms with Gasteiger partial charge in [0.1, 0.15) is 0 Å². The minimum Gasteiger partial charge on any atom is -0.110 e. The highest BCUT2D eigenvalue weighted by atomic mass is 31.1. The van der Waals surface area contributed by atoms with Gasteiger partial charge in [-0.3, -0.25) is 0 Å². The smallest absolute Gasteiger partial charge is 0.0325 e. The quantitative estimate of drug-likeness (QED) is 0.513. The Balaban J connectivity index is 2.24. The molecule has 2 heteroatoms. The summed E-state index contributed by atoms with van der Waals surface area (Å²) < 4.78 is 0. The van der Waals surface area contributed by atoms with Gasteiger partial charge in [0, 0.05) is 0 Å². The number of hydrogen-bond acceptors (Lipinski definition) is 0. The minimum atomic E-state index is 0.439. The Morgan fingerprint density at radius 3 is 1.45 bits per heavy atom. The average molecular weight is 190 g/mol. The van der Waals surface area contributed by atoms with Gasteiger partial charge in [0.15, 0.2) is 0 Å². The van der Waals surface area contributed by atoms with E-state index in [4.69, 9.17) is 0 Å². The summed E-state index contributed by atoms with van der Waals surface area (Å²) in [6.45, 7) is 4.97. The summed E-state index contributed by atoms with van der Waals surface area (Å²) in [5, 5.41) is 0. The third-order valence-corrected chi connectivity index (χ3v) is 6.73. The number of rotatable bonds is 0. The molecule has 0 radical (unpaired) electrons. The standard InChI is InChI=1S/C9H20P2/c1-10-6-3-4-7-11(2)9-5-8-10/h3-9H2,1-2H3/t10-,11-/m0/s1. The molecule has 0 aromatic carbocycles. The van der Waals surface area contributed by atoms with Crippen LogP contribution in [-0.2, 0) is 0 Å². The Morgan fingerprint density at radius 2 is 1.00 bits per heavy atom. The van der Waals surface area contributed by atoms with Crippen molar-refractivity contribution in [1.82, 2.24) is 0 Å². The molecule has 0 nitrogen and oxygen atoms in total. The van der Waals surface area contributed by atoms with Gasteiger partial charge in [-0.15, -0.1) is 15.8 Å². The van der Waals surface area contributed by atoms with Crippen molar-refractivity contribution < 1.29 is 0 Å². The molecule has 0 unspecified atom stereocenters. The van der Waals surface area contributed by atoms with Crippen LogP contribution in [0.25, 0.3) is 0 Å². The van der Waals surface area contributed by atoms with E-state index in [2.05, 4.69) is 13.3 Å². The maximum absolute atomic E-state index is 2.48. The van der Waals surface area contributed by atoms with Crippen LogP contribution in [0.2, 0.25) is 0 Å². The van der Waals surface area contributed by atoms with Crippen LogP contribution in [0, 0.1) is 0 Å². The molecule has 66 valence electrons. The van der Waals surface area contributed by atoms with Crippen LogP contribution in [0.3, 0.4) is 0 Å². The molecule has 1 aliphatic heterocycles. The Hall–Kier alpha value is 0.860. The molecule has 11 heavy (non-hydrogen) atoms. The lowest BCUT2D eigenvalue weighted by Crippen LogP contribution is -1.89. The van der Waals surface area contributed by atoms with Gasteiger partial charge >= 0.3 is 0 Å². The zero-order chi connectivity index (χ0) is 8.10. The van der Waals surface area contributed by atoms with Crippen molar-refractivity contribution in [3.05, 3.63) is 0 Å². The second-order valence-corrected chi connectivity index (χ2v) is 8.88. The monoisotopic (exact) mass is 190 g/mol. The van der Waals surface area contributed by atoms with Crippen molar-refractivity contribution >= 4 is 15.8 Å². The molecule has 0 aliphatic carbocycles. The highest BCUT2D eigenvalue weighted by Crippen LogP contribution is 2.40. The van der Waals surface area contributed by atoms with E-state index in [-0.39, 0.29) is 0 Å². The molecule has 0 saturated carbocycles. The lowest BCUT2D eigenvalue weighted by Gasteiger charge is -2.09. The van der Waals surface area contributed by atoms with Gasteiger partial charge in [-0.2, -0.15) is 0 Å². The molecular weight excluding hydrogens is 170 g/mol. The van der Waals surface area contributed by atoms with E-state index in [9.17, 15) is 0 Å². The van der Waals surface area contributed by atoms with Gasteiger partial charge in [0.25, 0.3) is 0 Å². The first-order chi connectivity index (χ1) is 5.29. The van der Waals surface area contributed by atoms with Gasteiger partial charge in [0.05, 0.1) is 0 Å². The molecular formula is C9H20P2. The van der Waals surface area contributed by atoms with Crippen molar-refractivity contribution in [3.8, 4) is 0 Å². The highest BCUT2D eigenvalue weighted by molar-refractivity contribution is 7.58. The maximum atomic E-state index is 2.48. The van der Waals surface area contributed by atoms with Crippen molar-refractivity contribution in [2.75, 3.05) is 38.0 Å². The summed E-state index contributed by atoms with van der Waals surface area (Å²) >= 11 is 0. The molecule has 1 heterocycles. The third kappa shape index (κ3) is 4.44. The topological polar surface area (TPSA) is 0 Å². The molecule has 2 atom stereocenters. The average Bonchev–Trinajstić information content (AvgIpc) is 2.04. The van der Waals surface area contributed by atoms with Crippen LogP contribution in [-0.4, -0.2) is 38.0 Å². The van der Waals surface area contributed by atoms with E-state index >= 15 is 0 Å². The zero-order valence-corrected chi connectivity index (χ0v) is 9.63. The molecule has 0 N–H and O–H groups in total. The summed E-state index contributed by atoms with van der Waals surface area (Å²) in [6.07, 6.45) is 10.8. The Bertz CT molecular complexity index is 91.7. The molecule has 1 rings (SSSR count). The minimum absolute atomic E-state index is 0.439. The van der Waals surface area contributed by atoms with Gasteiger partial charge in [-0.1, -0.05) is 0 Å². The summed E-state index contributed by atoms with van der Waals surface area (Å²) in [5.74, 6) is 0. The van der Waals surface area contributed by atoms with E-state index in [0.29, 0.717) is 15.8 Å². The maximum Gasteiger partial charge on any atom is -0.0325 e. The molecule has 0 spiro atoms. The van der Waals surface area contributed by atoms with E-state index in [0.717, 1.165) is 0 Å². The van der Waals surface area contributed by atoms with Crippen molar-refractivity contribution in [3.63, 3.8) is 0 Å². The Labute approximate surface area is 73.7 Å². The SMILES string of the molecule is C[P@@]1CCCC[P@](C)CCC1. The normalized spacial score (nSPS) is 35.5. The molecule has 0 aromatic heterocycles. The molecule has 0 aromatic rings. The highest BCUT2D eigenvalue weighted by Gasteiger charge is 2.07. The fourth-order valence-corrected chi connectivity index (χ4v) is 5.22. The third-order valence-electron chi connectivity index (χ3n) is 2.41. The Morgan fingerprint density at radius 1 is 0.636 bits per heavy atom. The van der Waals surface area contributed by atoms with Crippen molar-refractivity contribution in [2.45, 2.75) is 19.3 Å². The summed E-state index contributed by atoms with van der Waals surface area (Å²) in [6, 6.07) is 0. The van der Waals surface area contributed by atoms with Gasteiger partial charge in [-0.25, -0.2) is 0 Å². The van der Waals surface area contributed by atoms with Crippen LogP contribution in [0.4, 0.5) is 0 Å². The van der Waals surface area contributed by atoms with Crippen LogP contribution in [0.15, 0.2) is 0 Å². The fraction of sp³-hybridized carbons (Fsp3) is 1.00. The second kappa shape index (κ2) is 5.50. The zero-order valence-electron chi connectivity index (χ0n) is 7.84. The summed E-state index contributed by atoms with van der Waals surface area (Å²) in [4.78, 5) is 0. The fourth-order valence-electron chi connectivity index (χ4n) is 1.60. The molecule has 1 fully saturated rings. The van der Waals surface area contributed by atoms with E-state index in [1.807, 2.05) is 0 Å². The first kappa shape index (κ1) is 9.94. The number of hydrogen-bond donors (Lipinski definition) is 0. The first-order valence-electron chi connectivity index (χ1n) is 4.66. The first-order valence-corrected chi connectivity index (χ1v) is 8.98. The molecule has 0 bridgehead atoms. The van der Waals surface area contributed by atoms with Crippen LogP contribution in [0.1, 0.15) is 19.3 Å². The molecule has 0 amide bonds. The van der Waals surface area contributed by atoms with E-state index in [1.54, 1.807) is 24.6 Å². The lowest BCUT2D eigenvalue weighted by molar-refractivity contribution is 0.899. The molecule has 1 aliphatic rings. The van der Waals surface area contributed by atoms with E-state index in [1.165, 1.54) is 19.3 Å². The van der Waals surface area contributed by atoms with Crippen LogP contribution in [0.5, 0.6) is 0 Å². The lowest BCUT2D eigenvalue weighted by atomic mass is 10.4. The predicted molar refractivity (Wildman–Crippen MR) is 59.0 cm³/mol. The summed E-state index contributed by atoms with van der Waals surface area (Å²) in [7, 11) is 0.878. The van der Waals surface area contributed by atoms with E-state index < -0.39 is 0 Å². The largest absolute Gasteiger partial charge is 0.110 e. The van der Waals surface area contributed by atoms with Crippen LogP contribution < -0.4 is 0 Å². The molecule has 1 saturated heterocycles.